The molecule has 2 saturated carbocycles. The van der Waals surface area contributed by atoms with E-state index in [0.29, 0.717) is 11.8 Å². The standard InChI is InChI=1S/C28H36N2O3S.ClH/c1-3-28(22-10-7-11-23(14-22)29-34(31,32)24-12-13-24)25-17-30(18-26(25)28)19-27(33-4-2)15-20-8-5-6-9-21(20)16-27;/h5-11,14,24-26,29H,3-4,12-13,15-19H2,1-2H3;1H. The second-order valence-electron chi connectivity index (χ2n) is 11.0. The third kappa shape index (κ3) is 4.30. The Morgan fingerprint density at radius 2 is 1.66 bits per heavy atom. The van der Waals surface area contributed by atoms with E-state index >= 15 is 0 Å². The highest BCUT2D eigenvalue weighted by Crippen LogP contribution is 2.65. The van der Waals surface area contributed by atoms with E-state index in [4.69, 9.17) is 4.74 Å². The van der Waals surface area contributed by atoms with Crippen molar-refractivity contribution < 1.29 is 13.2 Å². The van der Waals surface area contributed by atoms with Crippen molar-refractivity contribution in [3.63, 3.8) is 0 Å². The summed E-state index contributed by atoms with van der Waals surface area (Å²) >= 11 is 0. The molecule has 0 aromatic heterocycles. The number of ether oxygens (including phenoxy) is 1. The van der Waals surface area contributed by atoms with Gasteiger partial charge in [-0.2, -0.15) is 0 Å². The number of fused-ring (bicyclic) bond motifs is 2. The van der Waals surface area contributed by atoms with E-state index in [1.807, 2.05) is 12.1 Å². The summed E-state index contributed by atoms with van der Waals surface area (Å²) in [6.45, 7) is 8.34. The average molecular weight is 517 g/mol. The number of hydrogen-bond donors (Lipinski definition) is 1. The summed E-state index contributed by atoms with van der Waals surface area (Å²) < 4.78 is 34.2. The lowest BCUT2D eigenvalue weighted by Crippen LogP contribution is -2.47. The third-order valence-corrected chi connectivity index (χ3v) is 10.8. The zero-order valence-electron chi connectivity index (χ0n) is 20.7. The second kappa shape index (κ2) is 9.05. The van der Waals surface area contributed by atoms with Gasteiger partial charge in [0.1, 0.15) is 0 Å². The Labute approximate surface area is 216 Å². The molecule has 2 atom stereocenters. The summed E-state index contributed by atoms with van der Waals surface area (Å²) in [7, 11) is -3.24. The van der Waals surface area contributed by atoms with Crippen LogP contribution in [0.2, 0.25) is 0 Å². The average Bonchev–Trinajstić information content (AvgIpc) is 3.68. The molecule has 3 aliphatic carbocycles. The van der Waals surface area contributed by atoms with Gasteiger partial charge in [-0.3, -0.25) is 9.62 Å². The number of nitrogens with one attached hydrogen (secondary N) is 1. The zero-order chi connectivity index (χ0) is 23.6. The third-order valence-electron chi connectivity index (χ3n) is 8.92. The first kappa shape index (κ1) is 25.1. The van der Waals surface area contributed by atoms with Crippen LogP contribution in [0.5, 0.6) is 0 Å². The Morgan fingerprint density at radius 3 is 2.23 bits per heavy atom. The number of likely N-dealkylation sites (tertiary alicyclic amines) is 1. The lowest BCUT2D eigenvalue weighted by atomic mass is 9.87. The normalized spacial score (nSPS) is 28.7. The van der Waals surface area contributed by atoms with Gasteiger partial charge in [0.15, 0.2) is 0 Å². The number of sulfonamides is 1. The molecule has 190 valence electrons. The number of hydrogen-bond acceptors (Lipinski definition) is 4. The number of rotatable bonds is 9. The molecule has 2 unspecified atom stereocenters. The van der Waals surface area contributed by atoms with Crippen molar-refractivity contribution in [3.05, 3.63) is 65.2 Å². The molecule has 6 rings (SSSR count). The monoisotopic (exact) mass is 516 g/mol. The molecule has 7 heteroatoms. The maximum atomic E-state index is 12.4. The van der Waals surface area contributed by atoms with Crippen LogP contribution >= 0.6 is 12.4 Å². The molecule has 0 bridgehead atoms. The largest absolute Gasteiger partial charge is 0.373 e. The van der Waals surface area contributed by atoms with Gasteiger partial charge in [0.05, 0.1) is 10.9 Å². The predicted molar refractivity (Wildman–Crippen MR) is 143 cm³/mol. The van der Waals surface area contributed by atoms with Crippen LogP contribution in [0.25, 0.3) is 0 Å². The first-order chi connectivity index (χ1) is 16.4. The van der Waals surface area contributed by atoms with Crippen LogP contribution in [-0.4, -0.2) is 50.4 Å². The fourth-order valence-electron chi connectivity index (χ4n) is 7.23. The van der Waals surface area contributed by atoms with E-state index in [1.54, 1.807) is 0 Å². The van der Waals surface area contributed by atoms with Gasteiger partial charge < -0.3 is 4.74 Å². The Kier molecular flexibility index (Phi) is 6.48. The summed E-state index contributed by atoms with van der Waals surface area (Å²) in [5, 5.41) is -0.204. The predicted octanol–water partition coefficient (Wildman–Crippen LogP) is 4.80. The first-order valence-electron chi connectivity index (χ1n) is 12.9. The van der Waals surface area contributed by atoms with Crippen LogP contribution in [0.15, 0.2) is 48.5 Å². The molecule has 2 aromatic rings. The maximum absolute atomic E-state index is 12.4. The molecule has 1 N–H and O–H groups in total. The van der Waals surface area contributed by atoms with Gasteiger partial charge in [0, 0.05) is 50.2 Å². The van der Waals surface area contributed by atoms with Crippen molar-refractivity contribution in [2.24, 2.45) is 11.8 Å². The van der Waals surface area contributed by atoms with Crippen LogP contribution in [-0.2, 0) is 33.0 Å². The van der Waals surface area contributed by atoms with Gasteiger partial charge in [-0.25, -0.2) is 8.42 Å². The van der Waals surface area contributed by atoms with Crippen LogP contribution in [0.4, 0.5) is 5.69 Å². The molecule has 0 spiro atoms. The molecular formula is C28H37ClN2O3S. The number of anilines is 1. The van der Waals surface area contributed by atoms with Gasteiger partial charge in [-0.05, 0) is 66.8 Å². The van der Waals surface area contributed by atoms with Gasteiger partial charge in [0.2, 0.25) is 10.0 Å². The summed E-state index contributed by atoms with van der Waals surface area (Å²) in [5.41, 5.74) is 4.97. The van der Waals surface area contributed by atoms with Crippen LogP contribution in [0.1, 0.15) is 49.8 Å². The molecule has 1 saturated heterocycles. The van der Waals surface area contributed by atoms with Gasteiger partial charge >= 0.3 is 0 Å². The van der Waals surface area contributed by atoms with E-state index in [1.165, 1.54) is 16.7 Å². The van der Waals surface area contributed by atoms with Crippen LogP contribution < -0.4 is 4.72 Å². The molecule has 4 aliphatic rings. The topological polar surface area (TPSA) is 58.6 Å². The lowest BCUT2D eigenvalue weighted by Gasteiger charge is -2.36. The smallest absolute Gasteiger partial charge is 0.235 e. The molecule has 5 nitrogen and oxygen atoms in total. The van der Waals surface area contributed by atoms with Crippen molar-refractivity contribution in [2.75, 3.05) is 31.0 Å². The van der Waals surface area contributed by atoms with Gasteiger partial charge in [-0.1, -0.05) is 43.3 Å². The number of piperidine rings is 1. The molecule has 0 radical (unpaired) electrons. The number of benzene rings is 2. The maximum Gasteiger partial charge on any atom is 0.235 e. The molecular weight excluding hydrogens is 480 g/mol. The zero-order valence-corrected chi connectivity index (χ0v) is 22.3. The van der Waals surface area contributed by atoms with E-state index in [-0.39, 0.29) is 28.7 Å². The van der Waals surface area contributed by atoms with Crippen molar-refractivity contribution in [1.82, 2.24) is 4.90 Å². The molecule has 2 aromatic carbocycles. The number of nitrogens with zero attached hydrogens (tertiary/aromatic N) is 1. The fraction of sp³-hybridized carbons (Fsp3) is 0.571. The van der Waals surface area contributed by atoms with Crippen molar-refractivity contribution in [1.29, 1.82) is 0 Å². The highest BCUT2D eigenvalue weighted by atomic mass is 35.5. The summed E-state index contributed by atoms with van der Waals surface area (Å²) in [4.78, 5) is 2.63. The molecule has 1 heterocycles. The van der Waals surface area contributed by atoms with Gasteiger partial charge in [-0.15, -0.1) is 12.4 Å². The Balaban J connectivity index is 0.00000253. The summed E-state index contributed by atoms with van der Waals surface area (Å²) in [6, 6.07) is 17.0. The van der Waals surface area contributed by atoms with Crippen LogP contribution in [0, 0.1) is 11.8 Å². The Hall–Kier alpha value is -1.60. The SMILES string of the molecule is CCOC1(CN2CC3C(C2)C3(CC)c2cccc(NS(=O)(=O)C3CC3)c2)Cc2ccccc2C1.Cl. The van der Waals surface area contributed by atoms with E-state index in [0.717, 1.165) is 64.0 Å². The molecule has 35 heavy (non-hydrogen) atoms. The minimum atomic E-state index is -3.24. The quantitative estimate of drug-likeness (QED) is 0.520. The number of halogens is 1. The Morgan fingerprint density at radius 1 is 1.00 bits per heavy atom. The van der Waals surface area contributed by atoms with Crippen molar-refractivity contribution >= 4 is 28.1 Å². The fourth-order valence-corrected chi connectivity index (χ4v) is 8.61. The highest BCUT2D eigenvalue weighted by molar-refractivity contribution is 7.93. The second-order valence-corrected chi connectivity index (χ2v) is 12.9. The minimum absolute atomic E-state index is 0. The molecule has 3 fully saturated rings. The van der Waals surface area contributed by atoms with Crippen molar-refractivity contribution in [2.45, 2.75) is 62.2 Å². The van der Waals surface area contributed by atoms with Gasteiger partial charge in [0.25, 0.3) is 0 Å². The molecule has 0 amide bonds. The lowest BCUT2D eigenvalue weighted by molar-refractivity contribution is -0.0528. The van der Waals surface area contributed by atoms with Crippen molar-refractivity contribution in [3.8, 4) is 0 Å². The molecule has 1 aliphatic heterocycles. The summed E-state index contributed by atoms with van der Waals surface area (Å²) in [6.07, 6.45) is 4.66. The summed E-state index contributed by atoms with van der Waals surface area (Å²) in [5.74, 6) is 1.27. The van der Waals surface area contributed by atoms with E-state index < -0.39 is 10.0 Å². The minimum Gasteiger partial charge on any atom is -0.373 e. The Bertz CT molecular complexity index is 1160. The van der Waals surface area contributed by atoms with E-state index in [9.17, 15) is 8.42 Å². The highest BCUT2D eigenvalue weighted by Gasteiger charge is 2.67. The van der Waals surface area contributed by atoms with Crippen LogP contribution in [0.3, 0.4) is 0 Å². The van der Waals surface area contributed by atoms with E-state index in [2.05, 4.69) is 59.9 Å². The first-order valence-corrected chi connectivity index (χ1v) is 14.5.